The molecule has 0 saturated carbocycles. The summed E-state index contributed by atoms with van der Waals surface area (Å²) in [5.41, 5.74) is 2.59. The van der Waals surface area contributed by atoms with Gasteiger partial charge >= 0.3 is 0 Å². The Kier molecular flexibility index (Phi) is 5.89. The van der Waals surface area contributed by atoms with Gasteiger partial charge in [0.1, 0.15) is 5.82 Å². The molecule has 2 rings (SSSR count). The molecule has 2 aromatic rings. The maximum absolute atomic E-state index is 12.0. The van der Waals surface area contributed by atoms with Crippen molar-refractivity contribution in [3.8, 4) is 0 Å². The van der Waals surface area contributed by atoms with E-state index in [-0.39, 0.29) is 5.91 Å². The Morgan fingerprint density at radius 1 is 1.09 bits per heavy atom. The normalized spacial score (nSPS) is 10.3. The van der Waals surface area contributed by atoms with Crippen LogP contribution in [-0.4, -0.2) is 22.6 Å². The molecular weight excluding hydrogens is 276 g/mol. The van der Waals surface area contributed by atoms with Crippen LogP contribution in [0.4, 0.5) is 5.82 Å². The maximum Gasteiger partial charge on any atom is 0.272 e. The van der Waals surface area contributed by atoms with Crippen molar-refractivity contribution in [1.29, 1.82) is 0 Å². The van der Waals surface area contributed by atoms with E-state index in [1.165, 1.54) is 5.56 Å². The molecule has 1 aromatic heterocycles. The first-order valence-corrected chi connectivity index (χ1v) is 7.60. The Bertz CT molecular complexity index is 593. The summed E-state index contributed by atoms with van der Waals surface area (Å²) in [6.07, 6.45) is 2.21. The minimum Gasteiger partial charge on any atom is -0.369 e. The summed E-state index contributed by atoms with van der Waals surface area (Å²) >= 11 is 0. The van der Waals surface area contributed by atoms with Crippen LogP contribution in [0.5, 0.6) is 0 Å². The van der Waals surface area contributed by atoms with Crippen molar-refractivity contribution in [3.05, 3.63) is 53.2 Å². The Morgan fingerprint density at radius 2 is 1.86 bits per heavy atom. The second-order valence-corrected chi connectivity index (χ2v) is 5.25. The zero-order valence-corrected chi connectivity index (χ0v) is 13.1. The standard InChI is InChI=1S/C17H22N4O/c1-3-4-11-18-16-10-9-15(20-21-16)17(22)19-12-14-7-5-13(2)6-8-14/h5-10H,3-4,11-12H2,1-2H3,(H,18,21)(H,19,22). The first-order valence-electron chi connectivity index (χ1n) is 7.60. The summed E-state index contributed by atoms with van der Waals surface area (Å²) in [5.74, 6) is 0.483. The van der Waals surface area contributed by atoms with Crippen molar-refractivity contribution in [2.45, 2.75) is 33.2 Å². The lowest BCUT2D eigenvalue weighted by Crippen LogP contribution is -2.24. The van der Waals surface area contributed by atoms with Crippen molar-refractivity contribution in [2.75, 3.05) is 11.9 Å². The summed E-state index contributed by atoms with van der Waals surface area (Å²) in [4.78, 5) is 12.0. The lowest BCUT2D eigenvalue weighted by atomic mass is 10.1. The molecular formula is C17H22N4O. The molecule has 2 N–H and O–H groups in total. The second-order valence-electron chi connectivity index (χ2n) is 5.25. The smallest absolute Gasteiger partial charge is 0.272 e. The highest BCUT2D eigenvalue weighted by Crippen LogP contribution is 2.05. The van der Waals surface area contributed by atoms with Crippen LogP contribution in [0.25, 0.3) is 0 Å². The van der Waals surface area contributed by atoms with Gasteiger partial charge in [-0.15, -0.1) is 10.2 Å². The highest BCUT2D eigenvalue weighted by molar-refractivity contribution is 5.92. The predicted octanol–water partition coefficient (Wildman–Crippen LogP) is 2.93. The van der Waals surface area contributed by atoms with Crippen LogP contribution in [0.3, 0.4) is 0 Å². The van der Waals surface area contributed by atoms with Gasteiger partial charge in [-0.05, 0) is 31.0 Å². The molecule has 22 heavy (non-hydrogen) atoms. The van der Waals surface area contributed by atoms with Crippen LogP contribution in [-0.2, 0) is 6.54 Å². The van der Waals surface area contributed by atoms with E-state index in [1.54, 1.807) is 12.1 Å². The van der Waals surface area contributed by atoms with E-state index in [1.807, 2.05) is 31.2 Å². The SMILES string of the molecule is CCCCNc1ccc(C(=O)NCc2ccc(C)cc2)nn1. The number of aryl methyl sites for hydroxylation is 1. The minimum absolute atomic E-state index is 0.215. The van der Waals surface area contributed by atoms with Gasteiger partial charge in [0.2, 0.25) is 0 Å². The van der Waals surface area contributed by atoms with E-state index in [2.05, 4.69) is 27.8 Å². The molecule has 0 aliphatic heterocycles. The highest BCUT2D eigenvalue weighted by atomic mass is 16.1. The number of amides is 1. The molecule has 1 amide bonds. The molecule has 0 saturated heterocycles. The van der Waals surface area contributed by atoms with Crippen molar-refractivity contribution in [1.82, 2.24) is 15.5 Å². The largest absolute Gasteiger partial charge is 0.369 e. The van der Waals surface area contributed by atoms with Crippen molar-refractivity contribution in [3.63, 3.8) is 0 Å². The average Bonchev–Trinajstić information content (AvgIpc) is 2.55. The van der Waals surface area contributed by atoms with E-state index >= 15 is 0 Å². The van der Waals surface area contributed by atoms with Crippen LogP contribution >= 0.6 is 0 Å². The summed E-state index contributed by atoms with van der Waals surface area (Å²) in [5, 5.41) is 14.0. The van der Waals surface area contributed by atoms with Gasteiger partial charge in [-0.25, -0.2) is 0 Å². The third kappa shape index (κ3) is 4.84. The van der Waals surface area contributed by atoms with Gasteiger partial charge in [-0.2, -0.15) is 0 Å². The molecule has 5 nitrogen and oxygen atoms in total. The van der Waals surface area contributed by atoms with Crippen LogP contribution in [0.2, 0.25) is 0 Å². The molecule has 0 spiro atoms. The van der Waals surface area contributed by atoms with Gasteiger partial charge in [0.15, 0.2) is 5.69 Å². The molecule has 0 aliphatic carbocycles. The van der Waals surface area contributed by atoms with Crippen LogP contribution in [0.15, 0.2) is 36.4 Å². The van der Waals surface area contributed by atoms with Gasteiger partial charge in [0, 0.05) is 13.1 Å². The number of hydrogen-bond acceptors (Lipinski definition) is 4. The van der Waals surface area contributed by atoms with Gasteiger partial charge in [-0.1, -0.05) is 43.2 Å². The highest BCUT2D eigenvalue weighted by Gasteiger charge is 2.07. The van der Waals surface area contributed by atoms with Crippen molar-refractivity contribution >= 4 is 11.7 Å². The maximum atomic E-state index is 12.0. The fraction of sp³-hybridized carbons (Fsp3) is 0.353. The molecule has 1 aromatic carbocycles. The van der Waals surface area contributed by atoms with E-state index in [4.69, 9.17) is 0 Å². The summed E-state index contributed by atoms with van der Waals surface area (Å²) < 4.78 is 0. The van der Waals surface area contributed by atoms with Gasteiger partial charge < -0.3 is 10.6 Å². The summed E-state index contributed by atoms with van der Waals surface area (Å²) in [6.45, 7) is 5.52. The van der Waals surface area contributed by atoms with E-state index in [0.717, 1.165) is 24.9 Å². The number of nitrogens with one attached hydrogen (secondary N) is 2. The Labute approximate surface area is 131 Å². The number of carbonyl (C=O) groups excluding carboxylic acids is 1. The van der Waals surface area contributed by atoms with E-state index < -0.39 is 0 Å². The molecule has 0 radical (unpaired) electrons. The Hall–Kier alpha value is -2.43. The number of anilines is 1. The summed E-state index contributed by atoms with van der Waals surface area (Å²) in [6, 6.07) is 11.5. The number of carbonyl (C=O) groups is 1. The number of aromatic nitrogens is 2. The third-order valence-corrected chi connectivity index (χ3v) is 3.31. The second kappa shape index (κ2) is 8.12. The monoisotopic (exact) mass is 298 g/mol. The first kappa shape index (κ1) is 15.9. The number of benzene rings is 1. The van der Waals surface area contributed by atoms with Crippen LogP contribution in [0.1, 0.15) is 41.4 Å². The van der Waals surface area contributed by atoms with Crippen molar-refractivity contribution in [2.24, 2.45) is 0 Å². The number of unbranched alkanes of at least 4 members (excludes halogenated alkanes) is 1. The van der Waals surface area contributed by atoms with E-state index in [9.17, 15) is 4.79 Å². The molecule has 1 heterocycles. The third-order valence-electron chi connectivity index (χ3n) is 3.31. The molecule has 0 unspecified atom stereocenters. The lowest BCUT2D eigenvalue weighted by molar-refractivity contribution is 0.0945. The summed E-state index contributed by atoms with van der Waals surface area (Å²) in [7, 11) is 0. The van der Waals surface area contributed by atoms with Crippen LogP contribution in [0, 0.1) is 6.92 Å². The van der Waals surface area contributed by atoms with E-state index in [0.29, 0.717) is 18.1 Å². The molecule has 0 aliphatic rings. The molecule has 0 fully saturated rings. The topological polar surface area (TPSA) is 66.9 Å². The zero-order chi connectivity index (χ0) is 15.8. The van der Waals surface area contributed by atoms with Gasteiger partial charge in [0.05, 0.1) is 0 Å². The minimum atomic E-state index is -0.215. The van der Waals surface area contributed by atoms with Crippen molar-refractivity contribution < 1.29 is 4.79 Å². The van der Waals surface area contributed by atoms with Crippen LogP contribution < -0.4 is 10.6 Å². The first-order chi connectivity index (χ1) is 10.7. The fourth-order valence-corrected chi connectivity index (χ4v) is 1.92. The number of hydrogen-bond donors (Lipinski definition) is 2. The quantitative estimate of drug-likeness (QED) is 0.771. The lowest BCUT2D eigenvalue weighted by Gasteiger charge is -2.06. The molecule has 116 valence electrons. The molecule has 0 bridgehead atoms. The van der Waals surface area contributed by atoms with Gasteiger partial charge in [-0.3, -0.25) is 4.79 Å². The molecule has 0 atom stereocenters. The zero-order valence-electron chi connectivity index (χ0n) is 13.1. The predicted molar refractivity (Wildman–Crippen MR) is 87.8 cm³/mol. The van der Waals surface area contributed by atoms with Gasteiger partial charge in [0.25, 0.3) is 5.91 Å². The average molecular weight is 298 g/mol. The molecule has 5 heteroatoms. The Balaban J connectivity index is 1.85. The number of nitrogens with zero attached hydrogens (tertiary/aromatic N) is 2. The number of rotatable bonds is 7. The Morgan fingerprint density at radius 3 is 2.50 bits per heavy atom. The fourth-order valence-electron chi connectivity index (χ4n) is 1.92.